The summed E-state index contributed by atoms with van der Waals surface area (Å²) in [6.07, 6.45) is 2.28. The summed E-state index contributed by atoms with van der Waals surface area (Å²) in [5, 5.41) is 3.13. The maximum atomic E-state index is 14.1. The number of nitrogens with one attached hydrogen (secondary N) is 1. The predicted octanol–water partition coefficient (Wildman–Crippen LogP) is 2.05. The third-order valence-corrected chi connectivity index (χ3v) is 3.65. The standard InChI is InChI=1S/C11H19F2NO/c12-11(13,9-1-5-14-6-2-9)10-3-7-15-8-4-10/h9-10,14H,1-8H2. The average Bonchev–Trinajstić information content (AvgIpc) is 2.31. The average molecular weight is 219 g/mol. The first-order valence-corrected chi connectivity index (χ1v) is 5.87. The first kappa shape index (κ1) is 11.3. The number of piperidine rings is 1. The molecule has 0 aromatic heterocycles. The highest BCUT2D eigenvalue weighted by atomic mass is 19.3. The van der Waals surface area contributed by atoms with Crippen molar-refractivity contribution in [3.8, 4) is 0 Å². The van der Waals surface area contributed by atoms with E-state index in [4.69, 9.17) is 4.74 Å². The summed E-state index contributed by atoms with van der Waals surface area (Å²) in [5.41, 5.74) is 0. The molecule has 0 aromatic carbocycles. The molecule has 0 spiro atoms. The molecule has 4 heteroatoms. The van der Waals surface area contributed by atoms with E-state index in [1.807, 2.05) is 0 Å². The lowest BCUT2D eigenvalue weighted by Gasteiger charge is -2.37. The summed E-state index contributed by atoms with van der Waals surface area (Å²) in [4.78, 5) is 0. The third kappa shape index (κ3) is 2.48. The fraction of sp³-hybridized carbons (Fsp3) is 1.00. The summed E-state index contributed by atoms with van der Waals surface area (Å²) in [6, 6.07) is 0. The summed E-state index contributed by atoms with van der Waals surface area (Å²) in [7, 11) is 0. The smallest absolute Gasteiger partial charge is 0.253 e. The second-order valence-corrected chi connectivity index (χ2v) is 4.59. The van der Waals surface area contributed by atoms with Crippen LogP contribution in [-0.4, -0.2) is 32.2 Å². The van der Waals surface area contributed by atoms with E-state index in [0.29, 0.717) is 38.9 Å². The molecule has 0 radical (unpaired) electrons. The van der Waals surface area contributed by atoms with Crippen LogP contribution in [0.25, 0.3) is 0 Å². The van der Waals surface area contributed by atoms with Gasteiger partial charge in [0.05, 0.1) is 0 Å². The van der Waals surface area contributed by atoms with Crippen LogP contribution < -0.4 is 5.32 Å². The van der Waals surface area contributed by atoms with Gasteiger partial charge in [-0.2, -0.15) is 0 Å². The van der Waals surface area contributed by atoms with E-state index in [9.17, 15) is 8.78 Å². The summed E-state index contributed by atoms with van der Waals surface area (Å²) >= 11 is 0. The van der Waals surface area contributed by atoms with E-state index in [1.54, 1.807) is 0 Å². The Hall–Kier alpha value is -0.220. The van der Waals surface area contributed by atoms with E-state index < -0.39 is 17.8 Å². The van der Waals surface area contributed by atoms with Gasteiger partial charge in [0, 0.05) is 25.0 Å². The Morgan fingerprint density at radius 2 is 1.47 bits per heavy atom. The third-order valence-electron chi connectivity index (χ3n) is 3.65. The number of hydrogen-bond donors (Lipinski definition) is 1. The zero-order chi connectivity index (χ0) is 10.7. The topological polar surface area (TPSA) is 21.3 Å². The Morgan fingerprint density at radius 1 is 0.933 bits per heavy atom. The van der Waals surface area contributed by atoms with Crippen LogP contribution in [0.4, 0.5) is 8.78 Å². The number of alkyl halides is 2. The van der Waals surface area contributed by atoms with Gasteiger partial charge in [-0.05, 0) is 38.8 Å². The molecule has 0 aromatic rings. The van der Waals surface area contributed by atoms with Crippen molar-refractivity contribution < 1.29 is 13.5 Å². The van der Waals surface area contributed by atoms with Crippen molar-refractivity contribution in [1.29, 1.82) is 0 Å². The quantitative estimate of drug-likeness (QED) is 0.767. The molecular formula is C11H19F2NO. The van der Waals surface area contributed by atoms with Gasteiger partial charge in [0.15, 0.2) is 0 Å². The maximum Gasteiger partial charge on any atom is 0.253 e. The highest BCUT2D eigenvalue weighted by molar-refractivity contribution is 4.88. The Kier molecular flexibility index (Phi) is 3.57. The second kappa shape index (κ2) is 4.74. The molecule has 0 amide bonds. The van der Waals surface area contributed by atoms with Gasteiger partial charge >= 0.3 is 0 Å². The maximum absolute atomic E-state index is 14.1. The molecular weight excluding hydrogens is 200 g/mol. The Morgan fingerprint density at radius 3 is 2.07 bits per heavy atom. The SMILES string of the molecule is FC(F)(C1CCNCC1)C1CCOCC1. The molecule has 2 nitrogen and oxygen atoms in total. The molecule has 88 valence electrons. The van der Waals surface area contributed by atoms with E-state index in [1.165, 1.54) is 0 Å². The van der Waals surface area contributed by atoms with Crippen molar-refractivity contribution >= 4 is 0 Å². The molecule has 0 unspecified atom stereocenters. The van der Waals surface area contributed by atoms with Crippen molar-refractivity contribution in [2.24, 2.45) is 11.8 Å². The highest BCUT2D eigenvalue weighted by Crippen LogP contribution is 2.41. The number of halogens is 2. The fourth-order valence-corrected chi connectivity index (χ4v) is 2.62. The van der Waals surface area contributed by atoms with Crippen LogP contribution in [0.1, 0.15) is 25.7 Å². The lowest BCUT2D eigenvalue weighted by Crippen LogP contribution is -2.44. The zero-order valence-corrected chi connectivity index (χ0v) is 8.98. The molecule has 2 rings (SSSR count). The van der Waals surface area contributed by atoms with Crippen molar-refractivity contribution in [2.75, 3.05) is 26.3 Å². The monoisotopic (exact) mass is 219 g/mol. The van der Waals surface area contributed by atoms with Crippen molar-refractivity contribution in [1.82, 2.24) is 5.32 Å². The molecule has 2 aliphatic rings. The zero-order valence-electron chi connectivity index (χ0n) is 8.98. The normalized spacial score (nSPS) is 26.8. The van der Waals surface area contributed by atoms with Crippen LogP contribution >= 0.6 is 0 Å². The molecule has 0 aliphatic carbocycles. The van der Waals surface area contributed by atoms with E-state index >= 15 is 0 Å². The number of ether oxygens (including phenoxy) is 1. The molecule has 0 saturated carbocycles. The van der Waals surface area contributed by atoms with Gasteiger partial charge < -0.3 is 10.1 Å². The minimum Gasteiger partial charge on any atom is -0.381 e. The molecule has 2 fully saturated rings. The van der Waals surface area contributed by atoms with Gasteiger partial charge in [-0.25, -0.2) is 8.78 Å². The van der Waals surface area contributed by atoms with Crippen molar-refractivity contribution in [2.45, 2.75) is 31.6 Å². The van der Waals surface area contributed by atoms with Gasteiger partial charge in [-0.1, -0.05) is 0 Å². The number of rotatable bonds is 2. The lowest BCUT2D eigenvalue weighted by atomic mass is 9.80. The Bertz CT molecular complexity index is 179. The van der Waals surface area contributed by atoms with Gasteiger partial charge in [-0.3, -0.25) is 0 Å². The lowest BCUT2D eigenvalue weighted by molar-refractivity contribution is -0.141. The summed E-state index contributed by atoms with van der Waals surface area (Å²) < 4.78 is 33.4. The largest absolute Gasteiger partial charge is 0.381 e. The van der Waals surface area contributed by atoms with Crippen LogP contribution in [-0.2, 0) is 4.74 Å². The van der Waals surface area contributed by atoms with Gasteiger partial charge in [0.25, 0.3) is 5.92 Å². The van der Waals surface area contributed by atoms with E-state index in [2.05, 4.69) is 5.32 Å². The fourth-order valence-electron chi connectivity index (χ4n) is 2.62. The van der Waals surface area contributed by atoms with Crippen LogP contribution in [0, 0.1) is 11.8 Å². The molecule has 0 bridgehead atoms. The molecule has 0 atom stereocenters. The Labute approximate surface area is 89.4 Å². The molecule has 2 aliphatic heterocycles. The highest BCUT2D eigenvalue weighted by Gasteiger charge is 2.46. The minimum absolute atomic E-state index is 0.415. The summed E-state index contributed by atoms with van der Waals surface area (Å²) in [6.45, 7) is 2.49. The molecule has 2 saturated heterocycles. The first-order chi connectivity index (χ1) is 7.21. The van der Waals surface area contributed by atoms with Gasteiger partial charge in [0.1, 0.15) is 0 Å². The van der Waals surface area contributed by atoms with Crippen LogP contribution in [0.5, 0.6) is 0 Å². The van der Waals surface area contributed by atoms with Crippen molar-refractivity contribution in [3.63, 3.8) is 0 Å². The molecule has 15 heavy (non-hydrogen) atoms. The van der Waals surface area contributed by atoms with Crippen LogP contribution in [0.3, 0.4) is 0 Å². The minimum atomic E-state index is -2.48. The number of hydrogen-bond acceptors (Lipinski definition) is 2. The predicted molar refractivity (Wildman–Crippen MR) is 54.1 cm³/mol. The molecule has 2 heterocycles. The van der Waals surface area contributed by atoms with Crippen molar-refractivity contribution in [3.05, 3.63) is 0 Å². The summed E-state index contributed by atoms with van der Waals surface area (Å²) in [5.74, 6) is -3.34. The van der Waals surface area contributed by atoms with Gasteiger partial charge in [0.2, 0.25) is 0 Å². The van der Waals surface area contributed by atoms with E-state index in [-0.39, 0.29) is 0 Å². The van der Waals surface area contributed by atoms with Gasteiger partial charge in [-0.15, -0.1) is 0 Å². The molecule has 1 N–H and O–H groups in total. The Balaban J connectivity index is 1.96. The first-order valence-electron chi connectivity index (χ1n) is 5.87. The van der Waals surface area contributed by atoms with E-state index in [0.717, 1.165) is 13.1 Å². The van der Waals surface area contributed by atoms with Crippen LogP contribution in [0.15, 0.2) is 0 Å². The van der Waals surface area contributed by atoms with Crippen LogP contribution in [0.2, 0.25) is 0 Å². The second-order valence-electron chi connectivity index (χ2n) is 4.59.